The van der Waals surface area contributed by atoms with Crippen LogP contribution in [-0.2, 0) is 4.79 Å². The lowest BCUT2D eigenvalue weighted by molar-refractivity contribution is -0.138. The quantitative estimate of drug-likeness (QED) is 0.269. The first kappa shape index (κ1) is 31.8. The molecule has 3 aliphatic rings. The van der Waals surface area contributed by atoms with Gasteiger partial charge in [-0.2, -0.15) is 0 Å². The van der Waals surface area contributed by atoms with Gasteiger partial charge in [-0.05, 0) is 49.9 Å². The Kier molecular flexibility index (Phi) is 9.61. The Morgan fingerprint density at radius 2 is 0.958 bits per heavy atom. The number of piperidine rings is 2. The van der Waals surface area contributed by atoms with Crippen LogP contribution in [0.1, 0.15) is 46.4 Å². The molecule has 3 fully saturated rings. The fourth-order valence-corrected chi connectivity index (χ4v) is 7.44. The monoisotopic (exact) mass is 641 g/mol. The lowest BCUT2D eigenvalue weighted by atomic mass is 9.93. The predicted molar refractivity (Wildman–Crippen MR) is 187 cm³/mol. The number of piperazine rings is 1. The molecule has 0 aliphatic carbocycles. The maximum Gasteiger partial charge on any atom is 0.254 e. The molecule has 0 spiro atoms. The number of carbonyl (C=O) groups is 3. The summed E-state index contributed by atoms with van der Waals surface area (Å²) in [5.74, 6) is 0.341. The first-order valence-corrected chi connectivity index (χ1v) is 17.3. The second-order valence-corrected chi connectivity index (χ2v) is 13.2. The smallest absolute Gasteiger partial charge is 0.254 e. The van der Waals surface area contributed by atoms with Gasteiger partial charge in [-0.1, -0.05) is 78.9 Å². The summed E-state index contributed by atoms with van der Waals surface area (Å²) in [4.78, 5) is 53.5. The molecule has 1 aromatic heterocycles. The van der Waals surface area contributed by atoms with E-state index in [9.17, 15) is 14.4 Å². The molecule has 0 saturated carbocycles. The molecule has 3 aliphatic heterocycles. The van der Waals surface area contributed by atoms with Gasteiger partial charge in [-0.15, -0.1) is 0 Å². The van der Waals surface area contributed by atoms with Crippen molar-refractivity contribution in [2.24, 2.45) is 5.92 Å². The van der Waals surface area contributed by atoms with Crippen molar-refractivity contribution in [3.05, 3.63) is 114 Å². The number of carbonyl (C=O) groups excluding carboxylic acids is 3. The van der Waals surface area contributed by atoms with E-state index in [1.54, 1.807) is 0 Å². The van der Waals surface area contributed by atoms with Crippen LogP contribution >= 0.6 is 0 Å². The van der Waals surface area contributed by atoms with Crippen molar-refractivity contribution in [3.63, 3.8) is 0 Å². The van der Waals surface area contributed by atoms with Gasteiger partial charge < -0.3 is 14.7 Å². The maximum absolute atomic E-state index is 13.9. The first-order chi connectivity index (χ1) is 23.5. The van der Waals surface area contributed by atoms with Crippen LogP contribution in [0.3, 0.4) is 0 Å². The summed E-state index contributed by atoms with van der Waals surface area (Å²) < 4.78 is 0. The molecule has 8 nitrogen and oxygen atoms in total. The number of aromatic nitrogens is 1. The zero-order valence-corrected chi connectivity index (χ0v) is 27.4. The molecule has 0 N–H and O–H groups in total. The van der Waals surface area contributed by atoms with Crippen LogP contribution in [0.4, 0.5) is 0 Å². The summed E-state index contributed by atoms with van der Waals surface area (Å²) >= 11 is 0. The highest BCUT2D eigenvalue weighted by Crippen LogP contribution is 2.28. The molecular formula is C40H43N5O3. The Morgan fingerprint density at radius 1 is 0.500 bits per heavy atom. The molecule has 246 valence electrons. The van der Waals surface area contributed by atoms with E-state index >= 15 is 0 Å². The van der Waals surface area contributed by atoms with Crippen molar-refractivity contribution >= 4 is 17.7 Å². The molecule has 0 radical (unpaired) electrons. The van der Waals surface area contributed by atoms with Crippen molar-refractivity contribution < 1.29 is 14.4 Å². The van der Waals surface area contributed by atoms with E-state index in [4.69, 9.17) is 4.98 Å². The number of benzene rings is 3. The highest BCUT2D eigenvalue weighted by atomic mass is 16.2. The molecule has 7 rings (SSSR count). The number of hydrogen-bond acceptors (Lipinski definition) is 5. The van der Waals surface area contributed by atoms with Gasteiger partial charge >= 0.3 is 0 Å². The van der Waals surface area contributed by atoms with Crippen molar-refractivity contribution in [1.82, 2.24) is 24.6 Å². The van der Waals surface area contributed by atoms with E-state index in [0.717, 1.165) is 74.4 Å². The summed E-state index contributed by atoms with van der Waals surface area (Å²) in [5, 5.41) is 0. The minimum Gasteiger partial charge on any atom is -0.342 e. The van der Waals surface area contributed by atoms with Crippen LogP contribution in [-0.4, -0.2) is 101 Å². The minimum atomic E-state index is -0.00562. The Morgan fingerprint density at radius 3 is 1.50 bits per heavy atom. The second kappa shape index (κ2) is 14.5. The maximum atomic E-state index is 13.9. The summed E-state index contributed by atoms with van der Waals surface area (Å²) in [7, 11) is 0. The van der Waals surface area contributed by atoms with Gasteiger partial charge in [-0.25, -0.2) is 4.98 Å². The van der Waals surface area contributed by atoms with E-state index in [1.807, 2.05) is 118 Å². The normalized spacial score (nSPS) is 18.1. The molecule has 4 heterocycles. The van der Waals surface area contributed by atoms with Crippen molar-refractivity contribution in [3.8, 4) is 22.5 Å². The number of hydrogen-bond donors (Lipinski definition) is 0. The highest BCUT2D eigenvalue weighted by Gasteiger charge is 2.34. The van der Waals surface area contributed by atoms with Crippen molar-refractivity contribution in [1.29, 1.82) is 0 Å². The number of nitrogens with zero attached hydrogens (tertiary/aromatic N) is 5. The second-order valence-electron chi connectivity index (χ2n) is 13.2. The molecule has 0 atom stereocenters. The Balaban J connectivity index is 0.915. The Labute approximate surface area is 283 Å². The van der Waals surface area contributed by atoms with Crippen LogP contribution in [0.2, 0.25) is 0 Å². The summed E-state index contributed by atoms with van der Waals surface area (Å²) in [5.41, 5.74) is 4.95. The SMILES string of the molecule is O=C(c1ccccc1)N1CCC(C(=O)N2CCC(N3CCN(C(=O)c4cc(-c5ccccc5)nc(-c5ccccc5)c4)CC3)CC2)CC1. The van der Waals surface area contributed by atoms with Gasteiger partial charge in [0, 0.05) is 86.6 Å². The third-order valence-corrected chi connectivity index (χ3v) is 10.3. The van der Waals surface area contributed by atoms with Gasteiger partial charge in [-0.3, -0.25) is 19.3 Å². The van der Waals surface area contributed by atoms with Crippen LogP contribution < -0.4 is 0 Å². The van der Waals surface area contributed by atoms with Crippen LogP contribution in [0.25, 0.3) is 22.5 Å². The zero-order valence-electron chi connectivity index (χ0n) is 27.4. The predicted octanol–water partition coefficient (Wildman–Crippen LogP) is 5.72. The molecule has 48 heavy (non-hydrogen) atoms. The lowest BCUT2D eigenvalue weighted by Gasteiger charge is -2.43. The summed E-state index contributed by atoms with van der Waals surface area (Å²) in [6.45, 7) is 5.83. The fourth-order valence-electron chi connectivity index (χ4n) is 7.44. The average Bonchev–Trinajstić information content (AvgIpc) is 3.18. The largest absolute Gasteiger partial charge is 0.342 e. The van der Waals surface area contributed by atoms with E-state index in [1.165, 1.54) is 0 Å². The summed E-state index contributed by atoms with van der Waals surface area (Å²) in [6, 6.07) is 33.7. The summed E-state index contributed by atoms with van der Waals surface area (Å²) in [6.07, 6.45) is 3.36. The average molecular weight is 642 g/mol. The molecule has 4 aromatic rings. The minimum absolute atomic E-state index is 0.00562. The number of amides is 3. The first-order valence-electron chi connectivity index (χ1n) is 17.3. The lowest BCUT2D eigenvalue weighted by Crippen LogP contribution is -2.55. The molecule has 3 saturated heterocycles. The Bertz CT molecular complexity index is 1650. The van der Waals surface area contributed by atoms with Gasteiger partial charge in [0.2, 0.25) is 5.91 Å². The standard InChI is InChI=1S/C40H43N5O3/c46-38(32-14-8-3-9-15-32)43-20-16-33(17-21-43)39(47)44-22-18-35(19-23-44)42-24-26-45(27-25-42)40(48)34-28-36(30-10-4-1-5-11-30)41-37(29-34)31-12-6-2-7-13-31/h1-15,28-29,33,35H,16-27H2. The van der Waals surface area contributed by atoms with Gasteiger partial charge in [0.05, 0.1) is 11.4 Å². The van der Waals surface area contributed by atoms with E-state index in [2.05, 4.69) is 4.90 Å². The Hall–Kier alpha value is -4.82. The van der Waals surface area contributed by atoms with Crippen LogP contribution in [0.15, 0.2) is 103 Å². The van der Waals surface area contributed by atoms with Crippen molar-refractivity contribution in [2.45, 2.75) is 31.7 Å². The third-order valence-electron chi connectivity index (χ3n) is 10.3. The number of likely N-dealkylation sites (tertiary alicyclic amines) is 2. The highest BCUT2D eigenvalue weighted by molar-refractivity contribution is 5.96. The van der Waals surface area contributed by atoms with E-state index < -0.39 is 0 Å². The topological polar surface area (TPSA) is 77.1 Å². The van der Waals surface area contributed by atoms with E-state index in [-0.39, 0.29) is 23.6 Å². The molecule has 3 amide bonds. The van der Waals surface area contributed by atoms with Gasteiger partial charge in [0.1, 0.15) is 0 Å². The van der Waals surface area contributed by atoms with Gasteiger partial charge in [0.25, 0.3) is 11.8 Å². The van der Waals surface area contributed by atoms with E-state index in [0.29, 0.717) is 43.3 Å². The molecular weight excluding hydrogens is 598 g/mol. The zero-order chi connectivity index (χ0) is 32.9. The molecule has 0 unspecified atom stereocenters. The number of pyridine rings is 1. The molecule has 8 heteroatoms. The third kappa shape index (κ3) is 7.04. The van der Waals surface area contributed by atoms with Crippen LogP contribution in [0, 0.1) is 5.92 Å². The number of rotatable bonds is 6. The molecule has 3 aromatic carbocycles. The molecule has 0 bridgehead atoms. The van der Waals surface area contributed by atoms with Crippen molar-refractivity contribution in [2.75, 3.05) is 52.4 Å². The fraction of sp³-hybridized carbons (Fsp3) is 0.350. The van der Waals surface area contributed by atoms with Crippen LogP contribution in [0.5, 0.6) is 0 Å². The van der Waals surface area contributed by atoms with Gasteiger partial charge in [0.15, 0.2) is 0 Å².